The molecule has 4 N–H and O–H groups in total. The molecule has 6 nitrogen and oxygen atoms in total. The number of hydrogen-bond acceptors (Lipinski definition) is 4. The van der Waals surface area contributed by atoms with Gasteiger partial charge in [0.1, 0.15) is 5.75 Å². The van der Waals surface area contributed by atoms with E-state index in [1.807, 2.05) is 0 Å². The van der Waals surface area contributed by atoms with E-state index in [2.05, 4.69) is 10.6 Å². The molecule has 2 amide bonds. The fourth-order valence-corrected chi connectivity index (χ4v) is 1.28. The maximum absolute atomic E-state index is 11.4. The van der Waals surface area contributed by atoms with Gasteiger partial charge >= 0.3 is 0 Å². The minimum atomic E-state index is -0.552. The van der Waals surface area contributed by atoms with Crippen LogP contribution in [0.25, 0.3) is 0 Å². The third kappa shape index (κ3) is 5.39. The first-order valence-corrected chi connectivity index (χ1v) is 6.03. The number of nitrogens with two attached hydrogens (primary N) is 1. The molecule has 1 atom stereocenters. The van der Waals surface area contributed by atoms with E-state index in [1.54, 1.807) is 38.2 Å². The van der Waals surface area contributed by atoms with Crippen LogP contribution in [0.15, 0.2) is 24.3 Å². The van der Waals surface area contributed by atoms with Crippen molar-refractivity contribution in [3.05, 3.63) is 24.3 Å². The van der Waals surface area contributed by atoms with E-state index in [1.165, 1.54) is 0 Å². The second-order valence-electron chi connectivity index (χ2n) is 4.07. The normalized spacial score (nSPS) is 11.5. The molecule has 0 bridgehead atoms. The molecule has 0 aliphatic carbocycles. The Kier molecular flexibility index (Phi) is 5.81. The molecule has 1 aromatic carbocycles. The van der Waals surface area contributed by atoms with Gasteiger partial charge in [0, 0.05) is 12.7 Å². The number of nitrogens with one attached hydrogen (secondary N) is 2. The monoisotopic (exact) mass is 265 g/mol. The Labute approximate surface area is 112 Å². The Bertz CT molecular complexity index is 429. The first kappa shape index (κ1) is 15.0. The van der Waals surface area contributed by atoms with Gasteiger partial charge in [-0.25, -0.2) is 0 Å². The van der Waals surface area contributed by atoms with Crippen LogP contribution in [0.1, 0.15) is 13.3 Å². The van der Waals surface area contributed by atoms with E-state index in [4.69, 9.17) is 10.5 Å². The summed E-state index contributed by atoms with van der Waals surface area (Å²) in [5.74, 6) is 0.330. The average molecular weight is 265 g/mol. The Morgan fingerprint density at radius 1 is 1.32 bits per heavy atom. The summed E-state index contributed by atoms with van der Waals surface area (Å²) >= 11 is 0. The van der Waals surface area contributed by atoms with Crippen molar-refractivity contribution in [1.82, 2.24) is 5.32 Å². The molecule has 6 heteroatoms. The molecule has 0 aromatic heterocycles. The topological polar surface area (TPSA) is 93.5 Å². The summed E-state index contributed by atoms with van der Waals surface area (Å²) in [7, 11) is 1.58. The van der Waals surface area contributed by atoms with Crippen LogP contribution in [0, 0.1) is 0 Å². The van der Waals surface area contributed by atoms with E-state index in [9.17, 15) is 9.59 Å². The van der Waals surface area contributed by atoms with Crippen molar-refractivity contribution in [3.63, 3.8) is 0 Å². The molecule has 0 heterocycles. The van der Waals surface area contributed by atoms with Crippen LogP contribution in [0.3, 0.4) is 0 Å². The first-order valence-electron chi connectivity index (χ1n) is 6.03. The number of benzene rings is 1. The van der Waals surface area contributed by atoms with Crippen molar-refractivity contribution in [2.45, 2.75) is 19.4 Å². The van der Waals surface area contributed by atoms with Gasteiger partial charge in [-0.1, -0.05) is 0 Å². The van der Waals surface area contributed by atoms with Gasteiger partial charge in [-0.15, -0.1) is 0 Å². The van der Waals surface area contributed by atoms with Crippen LogP contribution in [0.2, 0.25) is 0 Å². The number of carbonyl (C=O) groups is 2. The highest BCUT2D eigenvalue weighted by Crippen LogP contribution is 2.15. The zero-order chi connectivity index (χ0) is 14.3. The summed E-state index contributed by atoms with van der Waals surface area (Å²) in [5.41, 5.74) is 6.10. The number of carbonyl (C=O) groups excluding carboxylic acids is 2. The van der Waals surface area contributed by atoms with Gasteiger partial charge in [-0.3, -0.25) is 9.59 Å². The van der Waals surface area contributed by atoms with Gasteiger partial charge in [0.05, 0.1) is 19.1 Å². The minimum absolute atomic E-state index is 0.0687. The van der Waals surface area contributed by atoms with Crippen molar-refractivity contribution in [3.8, 4) is 5.75 Å². The average Bonchev–Trinajstić information content (AvgIpc) is 2.40. The first-order chi connectivity index (χ1) is 9.02. The Hall–Kier alpha value is -2.08. The predicted molar refractivity (Wildman–Crippen MR) is 72.9 cm³/mol. The number of rotatable bonds is 6. The molecule has 0 saturated heterocycles. The largest absolute Gasteiger partial charge is 0.493 e. The lowest BCUT2D eigenvalue weighted by Crippen LogP contribution is -2.32. The summed E-state index contributed by atoms with van der Waals surface area (Å²) in [6, 6.07) is 6.33. The summed E-state index contributed by atoms with van der Waals surface area (Å²) in [4.78, 5) is 22.4. The molecule has 0 fully saturated rings. The second kappa shape index (κ2) is 7.38. The predicted octanol–water partition coefficient (Wildman–Crippen LogP) is 0.487. The maximum atomic E-state index is 11.4. The van der Waals surface area contributed by atoms with Gasteiger partial charge in [0.2, 0.25) is 11.8 Å². The van der Waals surface area contributed by atoms with Gasteiger partial charge < -0.3 is 21.1 Å². The SMILES string of the molecule is CNC(=O)CCOc1ccc(NC(=O)[C@@H](C)N)cc1. The van der Waals surface area contributed by atoms with Gasteiger partial charge in [0.15, 0.2) is 0 Å². The minimum Gasteiger partial charge on any atom is -0.493 e. The van der Waals surface area contributed by atoms with Crippen LogP contribution in [-0.2, 0) is 9.59 Å². The maximum Gasteiger partial charge on any atom is 0.240 e. The molecule has 1 rings (SSSR count). The van der Waals surface area contributed by atoms with Crippen molar-refractivity contribution >= 4 is 17.5 Å². The van der Waals surface area contributed by atoms with Gasteiger partial charge in [-0.05, 0) is 31.2 Å². The van der Waals surface area contributed by atoms with Crippen LogP contribution < -0.4 is 21.1 Å². The Balaban J connectivity index is 2.43. The number of anilines is 1. The molecule has 0 saturated carbocycles. The molecule has 0 spiro atoms. The quantitative estimate of drug-likeness (QED) is 0.697. The van der Waals surface area contributed by atoms with Crippen LogP contribution >= 0.6 is 0 Å². The smallest absolute Gasteiger partial charge is 0.240 e. The highest BCUT2D eigenvalue weighted by molar-refractivity contribution is 5.94. The summed E-state index contributed by atoms with van der Waals surface area (Å²) < 4.78 is 5.39. The van der Waals surface area contributed by atoms with Crippen LogP contribution in [-0.4, -0.2) is 31.5 Å². The standard InChI is InChI=1S/C13H19N3O3/c1-9(14)13(18)16-10-3-5-11(6-4-10)19-8-7-12(17)15-2/h3-6,9H,7-8,14H2,1-2H3,(H,15,17)(H,16,18)/t9-/m1/s1. The van der Waals surface area contributed by atoms with E-state index in [0.29, 0.717) is 24.5 Å². The number of hydrogen-bond donors (Lipinski definition) is 3. The van der Waals surface area contributed by atoms with E-state index in [-0.39, 0.29) is 11.8 Å². The highest BCUT2D eigenvalue weighted by atomic mass is 16.5. The van der Waals surface area contributed by atoms with Gasteiger partial charge in [-0.2, -0.15) is 0 Å². The van der Waals surface area contributed by atoms with Crippen molar-refractivity contribution in [2.75, 3.05) is 19.0 Å². The molecule has 1 aromatic rings. The van der Waals surface area contributed by atoms with Gasteiger partial charge in [0.25, 0.3) is 0 Å². The third-order valence-electron chi connectivity index (χ3n) is 2.41. The summed E-state index contributed by atoms with van der Waals surface area (Å²) in [6.45, 7) is 1.93. The van der Waals surface area contributed by atoms with E-state index >= 15 is 0 Å². The molecule has 0 radical (unpaired) electrons. The molecule has 0 aliphatic heterocycles. The van der Waals surface area contributed by atoms with Crippen molar-refractivity contribution in [2.24, 2.45) is 5.73 Å². The van der Waals surface area contributed by atoms with Crippen LogP contribution in [0.5, 0.6) is 5.75 Å². The fraction of sp³-hybridized carbons (Fsp3) is 0.385. The lowest BCUT2D eigenvalue weighted by atomic mass is 10.2. The summed E-state index contributed by atoms with van der Waals surface area (Å²) in [5, 5.41) is 5.18. The Morgan fingerprint density at radius 3 is 2.47 bits per heavy atom. The number of ether oxygens (including phenoxy) is 1. The fourth-order valence-electron chi connectivity index (χ4n) is 1.28. The third-order valence-corrected chi connectivity index (χ3v) is 2.41. The van der Waals surface area contributed by atoms with Crippen molar-refractivity contribution in [1.29, 1.82) is 0 Å². The molecule has 19 heavy (non-hydrogen) atoms. The molecular formula is C13H19N3O3. The van der Waals surface area contributed by atoms with E-state index < -0.39 is 6.04 Å². The number of amides is 2. The van der Waals surface area contributed by atoms with Crippen LogP contribution in [0.4, 0.5) is 5.69 Å². The van der Waals surface area contributed by atoms with E-state index in [0.717, 1.165) is 0 Å². The zero-order valence-corrected chi connectivity index (χ0v) is 11.1. The molecule has 0 aliphatic rings. The highest BCUT2D eigenvalue weighted by Gasteiger charge is 2.07. The zero-order valence-electron chi connectivity index (χ0n) is 11.1. The molecule has 0 unspecified atom stereocenters. The second-order valence-corrected chi connectivity index (χ2v) is 4.07. The Morgan fingerprint density at radius 2 is 1.95 bits per heavy atom. The molecular weight excluding hydrogens is 246 g/mol. The summed E-state index contributed by atoms with van der Waals surface area (Å²) in [6.07, 6.45) is 0.305. The lowest BCUT2D eigenvalue weighted by Gasteiger charge is -2.09. The molecule has 104 valence electrons. The lowest BCUT2D eigenvalue weighted by molar-refractivity contribution is -0.121. The van der Waals surface area contributed by atoms with Crippen molar-refractivity contribution < 1.29 is 14.3 Å².